The highest BCUT2D eigenvalue weighted by Gasteiger charge is 2.34. The summed E-state index contributed by atoms with van der Waals surface area (Å²) in [6.07, 6.45) is 12.0. The molecule has 1 aliphatic rings. The molecule has 0 radical (unpaired) electrons. The molecule has 0 heteroatoms. The second kappa shape index (κ2) is 10.8. The topological polar surface area (TPSA) is 0 Å². The number of hydrogen-bond acceptors (Lipinski definition) is 0. The zero-order valence-electron chi connectivity index (χ0n) is 19.8. The number of aryl methyl sites for hydroxylation is 3. The molecule has 0 aromatic heterocycles. The molecule has 2 aromatic carbocycles. The van der Waals surface area contributed by atoms with Gasteiger partial charge in [0.2, 0.25) is 0 Å². The predicted octanol–water partition coefficient (Wildman–Crippen LogP) is 9.05. The third kappa shape index (κ3) is 5.88. The molecular formula is C31H40. The Labute approximate surface area is 190 Å². The second-order valence-corrected chi connectivity index (χ2v) is 9.50. The van der Waals surface area contributed by atoms with Crippen molar-refractivity contribution in [3.8, 4) is 0 Å². The third-order valence-corrected chi connectivity index (χ3v) is 7.56. The summed E-state index contributed by atoms with van der Waals surface area (Å²) in [6.45, 7) is 17.9. The molecule has 0 spiro atoms. The molecule has 0 N–H and O–H groups in total. The molecule has 1 fully saturated rings. The Balaban J connectivity index is 1.64. The van der Waals surface area contributed by atoms with E-state index in [9.17, 15) is 0 Å². The van der Waals surface area contributed by atoms with Gasteiger partial charge in [0.05, 0.1) is 0 Å². The number of allylic oxidation sites excluding steroid dienone is 3. The van der Waals surface area contributed by atoms with Gasteiger partial charge in [-0.25, -0.2) is 0 Å². The van der Waals surface area contributed by atoms with Gasteiger partial charge in [0, 0.05) is 0 Å². The summed E-state index contributed by atoms with van der Waals surface area (Å²) < 4.78 is 0. The van der Waals surface area contributed by atoms with Crippen molar-refractivity contribution in [1.82, 2.24) is 0 Å². The van der Waals surface area contributed by atoms with Crippen molar-refractivity contribution in [3.05, 3.63) is 102 Å². The van der Waals surface area contributed by atoms with Gasteiger partial charge < -0.3 is 0 Å². The Morgan fingerprint density at radius 1 is 0.871 bits per heavy atom. The minimum atomic E-state index is 0.274. The molecule has 2 aromatic rings. The van der Waals surface area contributed by atoms with E-state index in [4.69, 9.17) is 0 Å². The van der Waals surface area contributed by atoms with Gasteiger partial charge in [-0.15, -0.1) is 0 Å². The van der Waals surface area contributed by atoms with E-state index in [2.05, 4.69) is 82.1 Å². The smallest absolute Gasteiger partial charge is 0.00875 e. The maximum absolute atomic E-state index is 4.64. The zero-order valence-corrected chi connectivity index (χ0v) is 19.8. The van der Waals surface area contributed by atoms with Crippen LogP contribution < -0.4 is 0 Å². The maximum Gasteiger partial charge on any atom is -0.00875 e. The molecule has 0 bridgehead atoms. The number of benzene rings is 2. The predicted molar refractivity (Wildman–Crippen MR) is 137 cm³/mol. The molecule has 0 amide bonds. The molecule has 0 aliphatic heterocycles. The van der Waals surface area contributed by atoms with Gasteiger partial charge in [0.15, 0.2) is 0 Å². The normalized spacial score (nSPS) is 15.4. The number of hydrogen-bond donors (Lipinski definition) is 0. The Morgan fingerprint density at radius 2 is 1.55 bits per heavy atom. The molecule has 1 aliphatic carbocycles. The SMILES string of the molecule is C=C(CCC1(C(=C)CCc2ccccc2C)CCCCC1)C(=C)c1ccc(CC)cc1. The Hall–Kier alpha value is -2.34. The maximum atomic E-state index is 4.64. The van der Waals surface area contributed by atoms with Gasteiger partial charge in [-0.05, 0) is 90.7 Å². The average molecular weight is 413 g/mol. The fourth-order valence-corrected chi connectivity index (χ4v) is 5.14. The lowest BCUT2D eigenvalue weighted by Gasteiger charge is -2.40. The van der Waals surface area contributed by atoms with E-state index < -0.39 is 0 Å². The highest BCUT2D eigenvalue weighted by atomic mass is 14.4. The van der Waals surface area contributed by atoms with Gasteiger partial charge >= 0.3 is 0 Å². The molecule has 3 rings (SSSR count). The van der Waals surface area contributed by atoms with Crippen molar-refractivity contribution in [2.24, 2.45) is 5.41 Å². The van der Waals surface area contributed by atoms with Crippen molar-refractivity contribution in [2.45, 2.75) is 78.1 Å². The molecule has 0 atom stereocenters. The third-order valence-electron chi connectivity index (χ3n) is 7.56. The van der Waals surface area contributed by atoms with Crippen LogP contribution in [0.4, 0.5) is 0 Å². The van der Waals surface area contributed by atoms with Crippen molar-refractivity contribution in [2.75, 3.05) is 0 Å². The minimum Gasteiger partial charge on any atom is -0.0993 e. The molecule has 0 saturated heterocycles. The first-order valence-electron chi connectivity index (χ1n) is 12.1. The van der Waals surface area contributed by atoms with Crippen LogP contribution in [0.15, 0.2) is 79.4 Å². The van der Waals surface area contributed by atoms with Gasteiger partial charge in [-0.3, -0.25) is 0 Å². The van der Waals surface area contributed by atoms with Crippen LogP contribution in [0.3, 0.4) is 0 Å². The van der Waals surface area contributed by atoms with Crippen molar-refractivity contribution >= 4 is 5.57 Å². The lowest BCUT2D eigenvalue weighted by molar-refractivity contribution is 0.217. The molecule has 31 heavy (non-hydrogen) atoms. The van der Waals surface area contributed by atoms with Gasteiger partial charge in [-0.1, -0.05) is 100 Å². The summed E-state index contributed by atoms with van der Waals surface area (Å²) >= 11 is 0. The monoisotopic (exact) mass is 412 g/mol. The van der Waals surface area contributed by atoms with Crippen molar-refractivity contribution in [3.63, 3.8) is 0 Å². The fourth-order valence-electron chi connectivity index (χ4n) is 5.14. The average Bonchev–Trinajstić information content (AvgIpc) is 2.82. The highest BCUT2D eigenvalue weighted by molar-refractivity contribution is 5.76. The quantitative estimate of drug-likeness (QED) is 0.270. The number of rotatable bonds is 10. The minimum absolute atomic E-state index is 0.274. The fraction of sp³-hybridized carbons (Fsp3) is 0.419. The molecular weight excluding hydrogens is 372 g/mol. The van der Waals surface area contributed by atoms with Crippen LogP contribution in [0.5, 0.6) is 0 Å². The lowest BCUT2D eigenvalue weighted by atomic mass is 9.65. The van der Waals surface area contributed by atoms with Gasteiger partial charge in [0.25, 0.3) is 0 Å². The summed E-state index contributed by atoms with van der Waals surface area (Å²) in [5.74, 6) is 0. The molecule has 0 nitrogen and oxygen atoms in total. The molecule has 1 saturated carbocycles. The first kappa shape index (κ1) is 23.3. The summed E-state index contributed by atoms with van der Waals surface area (Å²) in [5.41, 5.74) is 9.44. The van der Waals surface area contributed by atoms with Crippen molar-refractivity contribution in [1.29, 1.82) is 0 Å². The summed E-state index contributed by atoms with van der Waals surface area (Å²) in [7, 11) is 0. The zero-order chi connectivity index (χ0) is 22.3. The van der Waals surface area contributed by atoms with Crippen LogP contribution in [-0.2, 0) is 12.8 Å². The second-order valence-electron chi connectivity index (χ2n) is 9.50. The van der Waals surface area contributed by atoms with Gasteiger partial charge in [0.1, 0.15) is 0 Å². The standard InChI is InChI=1S/C31H40/c1-6-28-15-18-30(19-16-28)27(5)24(2)20-23-31(21-10-7-11-22-31)26(4)14-17-29-13-9-8-12-25(29)3/h8-9,12-13,15-16,18-19H,2,4-7,10-11,14,17,20-23H2,1,3H3. The first-order valence-corrected chi connectivity index (χ1v) is 12.1. The summed E-state index contributed by atoms with van der Waals surface area (Å²) in [5, 5.41) is 0. The molecule has 0 unspecified atom stereocenters. The lowest BCUT2D eigenvalue weighted by Crippen LogP contribution is -2.27. The van der Waals surface area contributed by atoms with E-state index >= 15 is 0 Å². The van der Waals surface area contributed by atoms with E-state index in [1.54, 1.807) is 0 Å². The van der Waals surface area contributed by atoms with Gasteiger partial charge in [-0.2, -0.15) is 0 Å². The van der Waals surface area contributed by atoms with Crippen LogP contribution in [0.2, 0.25) is 0 Å². The van der Waals surface area contributed by atoms with Crippen LogP contribution >= 0.6 is 0 Å². The van der Waals surface area contributed by atoms with Crippen LogP contribution in [0.25, 0.3) is 5.57 Å². The Kier molecular flexibility index (Phi) is 8.13. The van der Waals surface area contributed by atoms with E-state index in [-0.39, 0.29) is 5.41 Å². The van der Waals surface area contributed by atoms with Crippen LogP contribution in [0, 0.1) is 12.3 Å². The van der Waals surface area contributed by atoms with E-state index in [0.717, 1.165) is 37.7 Å². The van der Waals surface area contributed by atoms with Crippen molar-refractivity contribution < 1.29 is 0 Å². The summed E-state index contributed by atoms with van der Waals surface area (Å²) in [6, 6.07) is 17.6. The van der Waals surface area contributed by atoms with E-state index in [0.29, 0.717) is 0 Å². The Morgan fingerprint density at radius 3 is 2.19 bits per heavy atom. The Bertz CT molecular complexity index is 903. The van der Waals surface area contributed by atoms with Crippen LogP contribution in [0.1, 0.15) is 80.5 Å². The highest BCUT2D eigenvalue weighted by Crippen LogP contribution is 2.48. The summed E-state index contributed by atoms with van der Waals surface area (Å²) in [4.78, 5) is 0. The van der Waals surface area contributed by atoms with E-state index in [1.807, 2.05) is 0 Å². The van der Waals surface area contributed by atoms with Crippen LogP contribution in [-0.4, -0.2) is 0 Å². The van der Waals surface area contributed by atoms with E-state index in [1.165, 1.54) is 65.5 Å². The molecule has 0 heterocycles. The first-order chi connectivity index (χ1) is 14.9. The molecule has 164 valence electrons. The largest absolute Gasteiger partial charge is 0.0993 e.